The van der Waals surface area contributed by atoms with Crippen LogP contribution in [0, 0.1) is 4.77 Å². The van der Waals surface area contributed by atoms with Crippen molar-refractivity contribution in [3.05, 3.63) is 16.7 Å². The molecule has 4 heteroatoms. The molecule has 0 aliphatic carbocycles. The maximum atomic E-state index is 5.39. The molecule has 2 unspecified atom stereocenters. The average Bonchev–Trinajstić information content (AvgIpc) is 2.60. The van der Waals surface area contributed by atoms with E-state index in [1.165, 1.54) is 25.0 Å². The van der Waals surface area contributed by atoms with Gasteiger partial charge in [0.05, 0.1) is 5.69 Å². The van der Waals surface area contributed by atoms with E-state index in [9.17, 15) is 0 Å². The van der Waals surface area contributed by atoms with Crippen molar-refractivity contribution >= 4 is 12.2 Å². The van der Waals surface area contributed by atoms with E-state index in [1.54, 1.807) is 0 Å². The van der Waals surface area contributed by atoms with Crippen LogP contribution in [0.4, 0.5) is 0 Å². The third-order valence-electron chi connectivity index (χ3n) is 3.57. The van der Waals surface area contributed by atoms with Gasteiger partial charge < -0.3 is 9.99 Å². The molecule has 0 saturated carbocycles. The Morgan fingerprint density at radius 3 is 2.56 bits per heavy atom. The molecule has 1 aromatic heterocycles. The number of H-pyrrole nitrogens is 1. The molecule has 0 amide bonds. The molecule has 3 nitrogen and oxygen atoms in total. The predicted octanol–water partition coefficient (Wildman–Crippen LogP) is 3.01. The standard InChI is InChI=1S/C12H21N3S/c1-4-11-8-13-12(16)15(11)14-9(2)6-5-7-10(14)3/h8-10H,4-7H2,1-3H3,(H,13,16). The summed E-state index contributed by atoms with van der Waals surface area (Å²) < 4.78 is 3.04. The van der Waals surface area contributed by atoms with Gasteiger partial charge in [-0.2, -0.15) is 0 Å². The number of aryl methyl sites for hydroxylation is 1. The topological polar surface area (TPSA) is 24.0 Å². The summed E-state index contributed by atoms with van der Waals surface area (Å²) >= 11 is 5.39. The fourth-order valence-electron chi connectivity index (χ4n) is 2.70. The number of nitrogens with zero attached hydrogens (tertiary/aromatic N) is 2. The third-order valence-corrected chi connectivity index (χ3v) is 3.86. The predicted molar refractivity (Wildman–Crippen MR) is 70.0 cm³/mol. The first-order chi connectivity index (χ1) is 7.65. The van der Waals surface area contributed by atoms with Crippen LogP contribution >= 0.6 is 12.2 Å². The Morgan fingerprint density at radius 1 is 1.38 bits per heavy atom. The zero-order valence-electron chi connectivity index (χ0n) is 10.4. The van der Waals surface area contributed by atoms with Crippen LogP contribution in [-0.4, -0.2) is 21.7 Å². The molecular weight excluding hydrogens is 218 g/mol. The highest BCUT2D eigenvalue weighted by molar-refractivity contribution is 7.71. The minimum atomic E-state index is 0.580. The molecular formula is C12H21N3S. The van der Waals surface area contributed by atoms with E-state index in [0.29, 0.717) is 12.1 Å². The van der Waals surface area contributed by atoms with Crippen molar-refractivity contribution < 1.29 is 0 Å². The summed E-state index contributed by atoms with van der Waals surface area (Å²) in [6, 6.07) is 1.16. The molecule has 0 aromatic carbocycles. The van der Waals surface area contributed by atoms with Crippen LogP contribution in [0.1, 0.15) is 45.7 Å². The number of aromatic nitrogens is 2. The smallest absolute Gasteiger partial charge is 0.196 e. The first-order valence-corrected chi connectivity index (χ1v) is 6.64. The van der Waals surface area contributed by atoms with Crippen molar-refractivity contribution in [3.8, 4) is 0 Å². The van der Waals surface area contributed by atoms with Crippen LogP contribution in [-0.2, 0) is 6.42 Å². The molecule has 1 fully saturated rings. The van der Waals surface area contributed by atoms with E-state index in [4.69, 9.17) is 12.2 Å². The van der Waals surface area contributed by atoms with Crippen LogP contribution in [0.3, 0.4) is 0 Å². The highest BCUT2D eigenvalue weighted by atomic mass is 32.1. The van der Waals surface area contributed by atoms with E-state index >= 15 is 0 Å². The molecule has 2 atom stereocenters. The molecule has 90 valence electrons. The van der Waals surface area contributed by atoms with E-state index in [1.807, 2.05) is 6.20 Å². The van der Waals surface area contributed by atoms with Crippen LogP contribution in [0.25, 0.3) is 0 Å². The summed E-state index contributed by atoms with van der Waals surface area (Å²) in [4.78, 5) is 3.16. The van der Waals surface area contributed by atoms with Gasteiger partial charge in [-0.05, 0) is 51.7 Å². The SMILES string of the molecule is CCc1c[nH]c(=S)n1N1C(C)CCCC1C. The second kappa shape index (κ2) is 4.62. The number of aromatic amines is 1. The highest BCUT2D eigenvalue weighted by Crippen LogP contribution is 2.22. The van der Waals surface area contributed by atoms with E-state index in [2.05, 4.69) is 35.4 Å². The van der Waals surface area contributed by atoms with Crippen molar-refractivity contribution in [2.45, 2.75) is 58.5 Å². The maximum Gasteiger partial charge on any atom is 0.196 e. The van der Waals surface area contributed by atoms with Gasteiger partial charge in [0.1, 0.15) is 0 Å². The number of hydrogen-bond donors (Lipinski definition) is 1. The molecule has 0 bridgehead atoms. The fraction of sp³-hybridized carbons (Fsp3) is 0.750. The van der Waals surface area contributed by atoms with Crippen molar-refractivity contribution in [2.75, 3.05) is 5.01 Å². The lowest BCUT2D eigenvalue weighted by molar-refractivity contribution is 0.330. The van der Waals surface area contributed by atoms with Gasteiger partial charge in [0.2, 0.25) is 0 Å². The molecule has 1 aliphatic heterocycles. The number of hydrogen-bond acceptors (Lipinski definition) is 2. The number of piperidine rings is 1. The molecule has 1 aromatic rings. The minimum Gasteiger partial charge on any atom is -0.336 e. The lowest BCUT2D eigenvalue weighted by Gasteiger charge is -2.41. The summed E-state index contributed by atoms with van der Waals surface area (Å²) in [6.45, 7) is 6.77. The second-order valence-electron chi connectivity index (χ2n) is 4.76. The first kappa shape index (κ1) is 11.7. The Kier molecular flexibility index (Phi) is 3.38. The van der Waals surface area contributed by atoms with Gasteiger partial charge in [-0.1, -0.05) is 6.92 Å². The molecule has 1 saturated heterocycles. The Bertz CT molecular complexity index is 397. The van der Waals surface area contributed by atoms with Gasteiger partial charge in [-0.3, -0.25) is 0 Å². The monoisotopic (exact) mass is 239 g/mol. The van der Waals surface area contributed by atoms with Gasteiger partial charge in [0.15, 0.2) is 4.77 Å². The average molecular weight is 239 g/mol. The second-order valence-corrected chi connectivity index (χ2v) is 5.15. The van der Waals surface area contributed by atoms with Crippen LogP contribution in [0.2, 0.25) is 0 Å². The van der Waals surface area contributed by atoms with Crippen molar-refractivity contribution in [2.24, 2.45) is 0 Å². The van der Waals surface area contributed by atoms with Gasteiger partial charge in [0, 0.05) is 18.3 Å². The van der Waals surface area contributed by atoms with Gasteiger partial charge in [-0.15, -0.1) is 0 Å². The van der Waals surface area contributed by atoms with Crippen molar-refractivity contribution in [1.29, 1.82) is 0 Å². The lowest BCUT2D eigenvalue weighted by Crippen LogP contribution is -2.51. The fourth-order valence-corrected chi connectivity index (χ4v) is 2.98. The lowest BCUT2D eigenvalue weighted by atomic mass is 10.00. The van der Waals surface area contributed by atoms with Crippen LogP contribution < -0.4 is 5.01 Å². The Labute approximate surface area is 102 Å². The normalized spacial score (nSPS) is 26.1. The molecule has 0 spiro atoms. The van der Waals surface area contributed by atoms with Gasteiger partial charge >= 0.3 is 0 Å². The summed E-state index contributed by atoms with van der Waals surface area (Å²) in [5.41, 5.74) is 1.28. The molecule has 1 aliphatic rings. The largest absolute Gasteiger partial charge is 0.336 e. The minimum absolute atomic E-state index is 0.580. The Hall–Kier alpha value is -0.770. The third kappa shape index (κ3) is 1.90. The maximum absolute atomic E-state index is 5.39. The van der Waals surface area contributed by atoms with Crippen molar-refractivity contribution in [1.82, 2.24) is 9.66 Å². The van der Waals surface area contributed by atoms with E-state index in [0.717, 1.165) is 11.2 Å². The highest BCUT2D eigenvalue weighted by Gasteiger charge is 2.26. The summed E-state index contributed by atoms with van der Waals surface area (Å²) in [7, 11) is 0. The molecule has 0 radical (unpaired) electrons. The van der Waals surface area contributed by atoms with Crippen LogP contribution in [0.5, 0.6) is 0 Å². The van der Waals surface area contributed by atoms with Crippen molar-refractivity contribution in [3.63, 3.8) is 0 Å². The Balaban J connectivity index is 2.40. The molecule has 16 heavy (non-hydrogen) atoms. The summed E-state index contributed by atoms with van der Waals surface area (Å²) in [5.74, 6) is 0. The first-order valence-electron chi connectivity index (χ1n) is 6.23. The molecule has 2 rings (SSSR count). The molecule has 1 N–H and O–H groups in total. The molecule has 2 heterocycles. The summed E-state index contributed by atoms with van der Waals surface area (Å²) in [6.07, 6.45) is 6.92. The number of imidazole rings is 1. The zero-order valence-corrected chi connectivity index (χ0v) is 11.2. The van der Waals surface area contributed by atoms with E-state index in [-0.39, 0.29) is 0 Å². The van der Waals surface area contributed by atoms with Crippen LogP contribution in [0.15, 0.2) is 6.20 Å². The van der Waals surface area contributed by atoms with Gasteiger partial charge in [-0.25, -0.2) is 4.68 Å². The van der Waals surface area contributed by atoms with E-state index < -0.39 is 0 Å². The zero-order chi connectivity index (χ0) is 11.7. The Morgan fingerprint density at radius 2 is 2.00 bits per heavy atom. The van der Waals surface area contributed by atoms with Gasteiger partial charge in [0.25, 0.3) is 0 Å². The number of nitrogens with one attached hydrogen (secondary N) is 1. The summed E-state index contributed by atoms with van der Waals surface area (Å²) in [5, 5.41) is 2.45. The number of rotatable bonds is 2. The quantitative estimate of drug-likeness (QED) is 0.802.